The van der Waals surface area contributed by atoms with Crippen molar-refractivity contribution in [2.24, 2.45) is 0 Å². The highest BCUT2D eigenvalue weighted by Crippen LogP contribution is 2.16. The maximum absolute atomic E-state index is 11.8. The molecule has 1 rings (SSSR count). The van der Waals surface area contributed by atoms with Gasteiger partial charge in [0.05, 0.1) is 0 Å². The Hall–Kier alpha value is -1.79. The van der Waals surface area contributed by atoms with Gasteiger partial charge in [-0.05, 0) is 37.1 Å². The van der Waals surface area contributed by atoms with Crippen LogP contribution < -0.4 is 5.32 Å². The van der Waals surface area contributed by atoms with Crippen LogP contribution in [0.25, 0.3) is 0 Å². The van der Waals surface area contributed by atoms with Crippen LogP contribution in [0, 0.1) is 18.8 Å². The van der Waals surface area contributed by atoms with Crippen molar-refractivity contribution in [1.29, 1.82) is 0 Å². The minimum absolute atomic E-state index is 0.0680. The van der Waals surface area contributed by atoms with Crippen molar-refractivity contribution in [3.8, 4) is 11.8 Å². The molecule has 0 aromatic heterocycles. The van der Waals surface area contributed by atoms with E-state index in [0.29, 0.717) is 6.42 Å². The molecule has 0 bridgehead atoms. The standard InChI is InChI=1S/C17H23NO2/c1-3-4-5-6-9-17(20)18-16-11-10-15(8-7-12-19)13-14(16)2/h10-11,13,19H,3-6,9,12H2,1-2H3,(H,18,20). The topological polar surface area (TPSA) is 49.3 Å². The Labute approximate surface area is 121 Å². The highest BCUT2D eigenvalue weighted by molar-refractivity contribution is 5.91. The molecule has 2 N–H and O–H groups in total. The SMILES string of the molecule is CCCCCCC(=O)Nc1ccc(C#CCO)cc1C. The maximum atomic E-state index is 11.8. The van der Waals surface area contributed by atoms with E-state index in [9.17, 15) is 4.79 Å². The number of nitrogens with one attached hydrogen (secondary N) is 1. The van der Waals surface area contributed by atoms with Gasteiger partial charge in [0.2, 0.25) is 5.91 Å². The molecule has 0 fully saturated rings. The second-order valence-corrected chi connectivity index (χ2v) is 4.85. The minimum atomic E-state index is -0.144. The van der Waals surface area contributed by atoms with E-state index in [0.717, 1.165) is 29.7 Å². The first kappa shape index (κ1) is 16.3. The molecule has 20 heavy (non-hydrogen) atoms. The predicted molar refractivity (Wildman–Crippen MR) is 82.5 cm³/mol. The number of aryl methyl sites for hydroxylation is 1. The summed E-state index contributed by atoms with van der Waals surface area (Å²) < 4.78 is 0. The molecule has 3 nitrogen and oxygen atoms in total. The first-order valence-corrected chi connectivity index (χ1v) is 7.17. The van der Waals surface area contributed by atoms with Gasteiger partial charge in [-0.1, -0.05) is 38.0 Å². The van der Waals surface area contributed by atoms with E-state index in [2.05, 4.69) is 24.1 Å². The van der Waals surface area contributed by atoms with Gasteiger partial charge in [-0.25, -0.2) is 0 Å². The van der Waals surface area contributed by atoms with Gasteiger partial charge in [-0.15, -0.1) is 0 Å². The Bertz CT molecular complexity index is 497. The van der Waals surface area contributed by atoms with Crippen molar-refractivity contribution in [2.75, 3.05) is 11.9 Å². The number of benzene rings is 1. The van der Waals surface area contributed by atoms with Gasteiger partial charge in [0.15, 0.2) is 0 Å². The summed E-state index contributed by atoms with van der Waals surface area (Å²) in [5.41, 5.74) is 2.66. The first-order chi connectivity index (χ1) is 9.67. The molecular weight excluding hydrogens is 250 g/mol. The number of rotatable bonds is 6. The minimum Gasteiger partial charge on any atom is -0.384 e. The van der Waals surface area contributed by atoms with Crippen LogP contribution in [0.15, 0.2) is 18.2 Å². The third kappa shape index (κ3) is 5.90. The van der Waals surface area contributed by atoms with Crippen molar-refractivity contribution in [3.63, 3.8) is 0 Å². The van der Waals surface area contributed by atoms with E-state index in [4.69, 9.17) is 5.11 Å². The van der Waals surface area contributed by atoms with Crippen LogP contribution in [0.1, 0.15) is 50.2 Å². The summed E-state index contributed by atoms with van der Waals surface area (Å²) in [6.45, 7) is 3.96. The lowest BCUT2D eigenvalue weighted by Gasteiger charge is -2.08. The number of unbranched alkanes of at least 4 members (excludes halogenated alkanes) is 3. The summed E-state index contributed by atoms with van der Waals surface area (Å²) in [5.74, 6) is 5.53. The third-order valence-electron chi connectivity index (χ3n) is 3.07. The number of hydrogen-bond acceptors (Lipinski definition) is 2. The number of amides is 1. The van der Waals surface area contributed by atoms with Crippen molar-refractivity contribution in [2.45, 2.75) is 46.0 Å². The van der Waals surface area contributed by atoms with Gasteiger partial charge in [0, 0.05) is 17.7 Å². The molecule has 0 aliphatic heterocycles. The molecule has 0 saturated carbocycles. The second-order valence-electron chi connectivity index (χ2n) is 4.85. The van der Waals surface area contributed by atoms with E-state index in [1.54, 1.807) is 0 Å². The van der Waals surface area contributed by atoms with Gasteiger partial charge in [-0.3, -0.25) is 4.79 Å². The Kier molecular flexibility index (Phi) is 7.46. The smallest absolute Gasteiger partial charge is 0.224 e. The number of aliphatic hydroxyl groups excluding tert-OH is 1. The fourth-order valence-corrected chi connectivity index (χ4v) is 1.95. The second kappa shape index (κ2) is 9.17. The lowest BCUT2D eigenvalue weighted by molar-refractivity contribution is -0.116. The van der Waals surface area contributed by atoms with Crippen molar-refractivity contribution >= 4 is 11.6 Å². The number of carbonyl (C=O) groups is 1. The molecule has 108 valence electrons. The summed E-state index contributed by atoms with van der Waals surface area (Å²) >= 11 is 0. The van der Waals surface area contributed by atoms with E-state index in [1.165, 1.54) is 12.8 Å². The summed E-state index contributed by atoms with van der Waals surface area (Å²) in [7, 11) is 0. The monoisotopic (exact) mass is 273 g/mol. The Morgan fingerprint density at radius 2 is 2.10 bits per heavy atom. The highest BCUT2D eigenvalue weighted by atomic mass is 16.2. The average molecular weight is 273 g/mol. The van der Waals surface area contributed by atoms with E-state index in [-0.39, 0.29) is 12.5 Å². The van der Waals surface area contributed by atoms with Crippen molar-refractivity contribution in [1.82, 2.24) is 0 Å². The highest BCUT2D eigenvalue weighted by Gasteiger charge is 2.04. The van der Waals surface area contributed by atoms with Crippen LogP contribution in [0.4, 0.5) is 5.69 Å². The average Bonchev–Trinajstić information content (AvgIpc) is 2.44. The maximum Gasteiger partial charge on any atom is 0.224 e. The van der Waals surface area contributed by atoms with Crippen LogP contribution in [-0.4, -0.2) is 17.6 Å². The van der Waals surface area contributed by atoms with Crippen LogP contribution in [0.3, 0.4) is 0 Å². The summed E-state index contributed by atoms with van der Waals surface area (Å²) in [6, 6.07) is 5.62. The zero-order valence-corrected chi connectivity index (χ0v) is 12.3. The molecule has 0 atom stereocenters. The Morgan fingerprint density at radius 3 is 2.75 bits per heavy atom. The molecule has 0 aliphatic carbocycles. The van der Waals surface area contributed by atoms with Crippen LogP contribution in [0.5, 0.6) is 0 Å². The molecule has 0 radical (unpaired) electrons. The summed E-state index contributed by atoms with van der Waals surface area (Å²) in [6.07, 6.45) is 4.99. The molecular formula is C17H23NO2. The van der Waals surface area contributed by atoms with Crippen molar-refractivity contribution < 1.29 is 9.90 Å². The van der Waals surface area contributed by atoms with Gasteiger partial charge in [-0.2, -0.15) is 0 Å². The first-order valence-electron chi connectivity index (χ1n) is 7.17. The van der Waals surface area contributed by atoms with E-state index >= 15 is 0 Å². The number of hydrogen-bond donors (Lipinski definition) is 2. The Morgan fingerprint density at radius 1 is 1.30 bits per heavy atom. The lowest BCUT2D eigenvalue weighted by Crippen LogP contribution is -2.12. The largest absolute Gasteiger partial charge is 0.384 e. The molecule has 0 saturated heterocycles. The van der Waals surface area contributed by atoms with Crippen molar-refractivity contribution in [3.05, 3.63) is 29.3 Å². The zero-order valence-electron chi connectivity index (χ0n) is 12.3. The third-order valence-corrected chi connectivity index (χ3v) is 3.07. The molecule has 1 aromatic carbocycles. The van der Waals surface area contributed by atoms with Gasteiger partial charge < -0.3 is 10.4 Å². The number of anilines is 1. The zero-order chi connectivity index (χ0) is 14.8. The van der Waals surface area contributed by atoms with E-state index in [1.807, 2.05) is 25.1 Å². The normalized spacial score (nSPS) is 9.75. The molecule has 1 aromatic rings. The fraction of sp³-hybridized carbons (Fsp3) is 0.471. The summed E-state index contributed by atoms with van der Waals surface area (Å²) in [5, 5.41) is 11.6. The number of carbonyl (C=O) groups excluding carboxylic acids is 1. The molecule has 0 heterocycles. The van der Waals surface area contributed by atoms with E-state index < -0.39 is 0 Å². The molecule has 0 spiro atoms. The van der Waals surface area contributed by atoms with Gasteiger partial charge in [0.25, 0.3) is 0 Å². The Balaban J connectivity index is 2.53. The van der Waals surface area contributed by atoms with Crippen LogP contribution in [0.2, 0.25) is 0 Å². The fourth-order valence-electron chi connectivity index (χ4n) is 1.95. The summed E-state index contributed by atoms with van der Waals surface area (Å²) in [4.78, 5) is 11.8. The predicted octanol–water partition coefficient (Wildman–Crippen LogP) is 3.25. The van der Waals surface area contributed by atoms with Crippen LogP contribution in [-0.2, 0) is 4.79 Å². The number of aliphatic hydroxyl groups is 1. The molecule has 3 heteroatoms. The van der Waals surface area contributed by atoms with Gasteiger partial charge in [0.1, 0.15) is 6.61 Å². The molecule has 0 aliphatic rings. The molecule has 1 amide bonds. The van der Waals surface area contributed by atoms with Crippen LogP contribution >= 0.6 is 0 Å². The molecule has 0 unspecified atom stereocenters. The quantitative estimate of drug-likeness (QED) is 0.617. The lowest BCUT2D eigenvalue weighted by atomic mass is 10.1. The van der Waals surface area contributed by atoms with Gasteiger partial charge >= 0.3 is 0 Å².